The molecule has 7 heteroatoms. The summed E-state index contributed by atoms with van der Waals surface area (Å²) in [5.41, 5.74) is 2.78. The van der Waals surface area contributed by atoms with Crippen molar-refractivity contribution in [1.82, 2.24) is 4.90 Å². The fourth-order valence-corrected chi connectivity index (χ4v) is 5.70. The number of benzene rings is 2. The van der Waals surface area contributed by atoms with Gasteiger partial charge in [-0.05, 0) is 35.6 Å². The smallest absolute Gasteiger partial charge is 0.255 e. The van der Waals surface area contributed by atoms with Crippen LogP contribution in [0.4, 0.5) is 0 Å². The van der Waals surface area contributed by atoms with E-state index in [0.29, 0.717) is 30.3 Å². The van der Waals surface area contributed by atoms with E-state index in [2.05, 4.69) is 23.6 Å². The first-order chi connectivity index (χ1) is 16.1. The van der Waals surface area contributed by atoms with Crippen LogP contribution in [-0.2, 0) is 5.75 Å². The van der Waals surface area contributed by atoms with Crippen LogP contribution in [0.15, 0.2) is 64.9 Å². The summed E-state index contributed by atoms with van der Waals surface area (Å²) in [5.74, 6) is 3.01. The van der Waals surface area contributed by atoms with Crippen molar-refractivity contribution in [2.24, 2.45) is 0 Å². The van der Waals surface area contributed by atoms with Gasteiger partial charge < -0.3 is 19.1 Å². The molecule has 1 aliphatic heterocycles. The van der Waals surface area contributed by atoms with Gasteiger partial charge in [-0.25, -0.2) is 0 Å². The molecule has 4 rings (SSSR count). The number of amides is 1. The Bertz CT molecular complexity index is 1120. The van der Waals surface area contributed by atoms with Crippen LogP contribution in [0.3, 0.4) is 0 Å². The number of carbonyl (C=O) groups is 1. The molecule has 0 saturated carbocycles. The van der Waals surface area contributed by atoms with Gasteiger partial charge in [0.05, 0.1) is 32.5 Å². The lowest BCUT2D eigenvalue weighted by Crippen LogP contribution is -2.35. The van der Waals surface area contributed by atoms with E-state index in [1.807, 2.05) is 41.3 Å². The summed E-state index contributed by atoms with van der Waals surface area (Å²) in [6, 6.07) is 15.8. The first kappa shape index (κ1) is 23.3. The van der Waals surface area contributed by atoms with Crippen LogP contribution in [0, 0.1) is 0 Å². The number of ether oxygens (including phenoxy) is 3. The summed E-state index contributed by atoms with van der Waals surface area (Å²) in [5, 5.41) is 2.08. The lowest BCUT2D eigenvalue weighted by molar-refractivity contribution is 0.0769. The van der Waals surface area contributed by atoms with Gasteiger partial charge in [-0.3, -0.25) is 4.79 Å². The second kappa shape index (κ2) is 10.8. The molecule has 1 aliphatic rings. The predicted molar refractivity (Wildman–Crippen MR) is 135 cm³/mol. The highest BCUT2D eigenvalue weighted by Gasteiger charge is 2.25. The molecule has 0 atom stereocenters. The second-order valence-corrected chi connectivity index (χ2v) is 9.55. The third-order valence-corrected chi connectivity index (χ3v) is 7.78. The Balaban J connectivity index is 1.53. The minimum absolute atomic E-state index is 0.0632. The lowest BCUT2D eigenvalue weighted by atomic mass is 9.96. The van der Waals surface area contributed by atoms with Crippen LogP contribution in [-0.4, -0.2) is 45.2 Å². The quantitative estimate of drug-likeness (QED) is 0.370. The fraction of sp³-hybridized carbons (Fsp3) is 0.269. The Morgan fingerprint density at radius 1 is 1.03 bits per heavy atom. The van der Waals surface area contributed by atoms with E-state index in [9.17, 15) is 4.79 Å². The summed E-state index contributed by atoms with van der Waals surface area (Å²) in [6.45, 7) is 1.17. The predicted octanol–water partition coefficient (Wildman–Crippen LogP) is 6.00. The SMILES string of the molecule is COc1cc(OC)c(C2=CCN(C(=O)c3ccccc3SCc3cccs3)CC2)c(OC)c1. The summed E-state index contributed by atoms with van der Waals surface area (Å²) < 4.78 is 16.6. The van der Waals surface area contributed by atoms with Crippen molar-refractivity contribution < 1.29 is 19.0 Å². The molecule has 2 aromatic carbocycles. The van der Waals surface area contributed by atoms with Gasteiger partial charge in [0, 0.05) is 40.7 Å². The van der Waals surface area contributed by atoms with Crippen molar-refractivity contribution in [2.45, 2.75) is 17.1 Å². The molecule has 5 nitrogen and oxygen atoms in total. The average molecular weight is 482 g/mol. The Morgan fingerprint density at radius 3 is 2.39 bits per heavy atom. The zero-order valence-corrected chi connectivity index (χ0v) is 20.6. The average Bonchev–Trinajstić information content (AvgIpc) is 3.40. The fourth-order valence-electron chi connectivity index (χ4n) is 3.89. The number of rotatable bonds is 8. The van der Waals surface area contributed by atoms with Crippen LogP contribution < -0.4 is 14.2 Å². The topological polar surface area (TPSA) is 48.0 Å². The highest BCUT2D eigenvalue weighted by atomic mass is 32.2. The highest BCUT2D eigenvalue weighted by molar-refractivity contribution is 7.98. The monoisotopic (exact) mass is 481 g/mol. The van der Waals surface area contributed by atoms with Crippen molar-refractivity contribution in [3.8, 4) is 17.2 Å². The molecule has 0 radical (unpaired) electrons. The van der Waals surface area contributed by atoms with E-state index in [0.717, 1.165) is 33.8 Å². The van der Waals surface area contributed by atoms with Crippen LogP contribution in [0.1, 0.15) is 27.2 Å². The first-order valence-corrected chi connectivity index (χ1v) is 12.5. The van der Waals surface area contributed by atoms with Crippen molar-refractivity contribution >= 4 is 34.6 Å². The van der Waals surface area contributed by atoms with Gasteiger partial charge in [0.15, 0.2) is 0 Å². The van der Waals surface area contributed by atoms with Crippen molar-refractivity contribution in [1.29, 1.82) is 0 Å². The highest BCUT2D eigenvalue weighted by Crippen LogP contribution is 2.41. The van der Waals surface area contributed by atoms with Crippen molar-refractivity contribution in [3.63, 3.8) is 0 Å². The molecule has 1 amide bonds. The van der Waals surface area contributed by atoms with Crippen LogP contribution >= 0.6 is 23.1 Å². The molecular formula is C26H27NO4S2. The van der Waals surface area contributed by atoms with Gasteiger partial charge in [-0.1, -0.05) is 24.3 Å². The maximum atomic E-state index is 13.4. The van der Waals surface area contributed by atoms with Gasteiger partial charge >= 0.3 is 0 Å². The molecule has 0 saturated heterocycles. The lowest BCUT2D eigenvalue weighted by Gasteiger charge is -2.28. The van der Waals surface area contributed by atoms with E-state index >= 15 is 0 Å². The molecule has 2 heterocycles. The number of thiophene rings is 1. The number of methoxy groups -OCH3 is 3. The molecule has 172 valence electrons. The Hall–Kier alpha value is -2.90. The summed E-state index contributed by atoms with van der Waals surface area (Å²) in [7, 11) is 4.90. The first-order valence-electron chi connectivity index (χ1n) is 10.7. The van der Waals surface area contributed by atoms with Gasteiger partial charge in [0.2, 0.25) is 0 Å². The Labute approximate surface area is 203 Å². The van der Waals surface area contributed by atoms with E-state index in [1.165, 1.54) is 4.88 Å². The van der Waals surface area contributed by atoms with E-state index in [1.54, 1.807) is 44.4 Å². The van der Waals surface area contributed by atoms with Crippen molar-refractivity contribution in [2.75, 3.05) is 34.4 Å². The largest absolute Gasteiger partial charge is 0.496 e. The molecular weight excluding hydrogens is 454 g/mol. The number of hydrogen-bond donors (Lipinski definition) is 0. The third kappa shape index (κ3) is 5.20. The van der Waals surface area contributed by atoms with E-state index in [4.69, 9.17) is 14.2 Å². The summed E-state index contributed by atoms with van der Waals surface area (Å²) in [4.78, 5) is 17.6. The third-order valence-electron chi connectivity index (χ3n) is 5.60. The second-order valence-electron chi connectivity index (χ2n) is 7.50. The molecule has 0 aliphatic carbocycles. The normalized spacial score (nSPS) is 13.4. The Morgan fingerprint density at radius 2 is 1.79 bits per heavy atom. The standard InChI is InChI=1S/C26H27NO4S2/c1-29-19-15-22(30-2)25(23(16-19)31-3)18-10-12-27(13-11-18)26(28)21-8-4-5-9-24(21)33-17-20-7-6-14-32-20/h4-10,14-16H,11-13,17H2,1-3H3. The number of thioether (sulfide) groups is 1. The molecule has 33 heavy (non-hydrogen) atoms. The molecule has 1 aromatic heterocycles. The van der Waals surface area contributed by atoms with Gasteiger partial charge in [0.1, 0.15) is 17.2 Å². The molecule has 3 aromatic rings. The van der Waals surface area contributed by atoms with Crippen LogP contribution in [0.5, 0.6) is 17.2 Å². The molecule has 0 unspecified atom stereocenters. The molecule has 0 N–H and O–H groups in total. The van der Waals surface area contributed by atoms with Gasteiger partial charge in [0.25, 0.3) is 5.91 Å². The number of nitrogens with zero attached hydrogens (tertiary/aromatic N) is 1. The number of carbonyl (C=O) groups excluding carboxylic acids is 1. The minimum Gasteiger partial charge on any atom is -0.496 e. The zero-order chi connectivity index (χ0) is 23.2. The summed E-state index contributed by atoms with van der Waals surface area (Å²) in [6.07, 6.45) is 2.81. The minimum atomic E-state index is 0.0632. The maximum Gasteiger partial charge on any atom is 0.255 e. The van der Waals surface area contributed by atoms with E-state index in [-0.39, 0.29) is 5.91 Å². The zero-order valence-electron chi connectivity index (χ0n) is 19.0. The van der Waals surface area contributed by atoms with Crippen LogP contribution in [0.2, 0.25) is 0 Å². The molecule has 0 spiro atoms. The van der Waals surface area contributed by atoms with Crippen molar-refractivity contribution in [3.05, 3.63) is 76.0 Å². The van der Waals surface area contributed by atoms with Gasteiger partial charge in [-0.2, -0.15) is 0 Å². The van der Waals surface area contributed by atoms with Crippen LogP contribution in [0.25, 0.3) is 5.57 Å². The molecule has 0 fully saturated rings. The van der Waals surface area contributed by atoms with Gasteiger partial charge in [-0.15, -0.1) is 23.1 Å². The number of hydrogen-bond acceptors (Lipinski definition) is 6. The summed E-state index contributed by atoms with van der Waals surface area (Å²) >= 11 is 3.45. The Kier molecular flexibility index (Phi) is 7.62. The maximum absolute atomic E-state index is 13.4. The van der Waals surface area contributed by atoms with E-state index < -0.39 is 0 Å². The molecule has 0 bridgehead atoms.